The molecule has 0 saturated heterocycles. The molecular weight excluding hydrogens is 252 g/mol. The molecule has 1 aromatic carbocycles. The number of rotatable bonds is 2. The number of nitrogen functional groups attached to an aromatic ring is 1. The van der Waals surface area contributed by atoms with Crippen LogP contribution < -0.4 is 5.73 Å². The summed E-state index contributed by atoms with van der Waals surface area (Å²) in [4.78, 5) is 16.6. The Hall–Kier alpha value is -2.69. The van der Waals surface area contributed by atoms with Crippen molar-refractivity contribution in [1.82, 2.24) is 14.8 Å². The molecule has 0 atom stereocenters. The summed E-state index contributed by atoms with van der Waals surface area (Å²) in [6.07, 6.45) is 0.177. The first kappa shape index (κ1) is 12.3. The minimum atomic E-state index is -0.182. The fourth-order valence-corrected chi connectivity index (χ4v) is 2.16. The lowest BCUT2D eigenvalue weighted by atomic mass is 10.2. The fraction of sp³-hybridized carbons (Fsp3) is 0.133. The summed E-state index contributed by atoms with van der Waals surface area (Å²) < 4.78 is 1.23. The molecule has 2 N–H and O–H groups in total. The maximum atomic E-state index is 12.2. The Morgan fingerprint density at radius 2 is 2.05 bits per heavy atom. The number of carbonyl (C=O) groups is 1. The zero-order valence-corrected chi connectivity index (χ0v) is 11.1. The number of para-hydroxylation sites is 1. The molecule has 0 amide bonds. The molecule has 5 heteroatoms. The van der Waals surface area contributed by atoms with E-state index in [0.29, 0.717) is 11.5 Å². The van der Waals surface area contributed by atoms with Crippen LogP contribution in [0, 0.1) is 6.92 Å². The summed E-state index contributed by atoms with van der Waals surface area (Å²) in [5.74, 6) is 0.173. The van der Waals surface area contributed by atoms with E-state index in [-0.39, 0.29) is 12.3 Å². The Balaban J connectivity index is 1.89. The van der Waals surface area contributed by atoms with Crippen LogP contribution in [0.15, 0.2) is 42.5 Å². The Morgan fingerprint density at radius 1 is 1.25 bits per heavy atom. The van der Waals surface area contributed by atoms with Crippen molar-refractivity contribution in [2.24, 2.45) is 0 Å². The van der Waals surface area contributed by atoms with Crippen LogP contribution in [-0.4, -0.2) is 20.7 Å². The van der Waals surface area contributed by atoms with Gasteiger partial charge in [0.15, 0.2) is 0 Å². The first-order valence-electron chi connectivity index (χ1n) is 6.33. The van der Waals surface area contributed by atoms with Crippen LogP contribution >= 0.6 is 0 Å². The molecule has 0 aliphatic rings. The largest absolute Gasteiger partial charge is 0.383 e. The van der Waals surface area contributed by atoms with Crippen molar-refractivity contribution in [2.45, 2.75) is 13.3 Å². The van der Waals surface area contributed by atoms with Crippen molar-refractivity contribution in [1.29, 1.82) is 0 Å². The molecule has 0 saturated carbocycles. The third-order valence-electron chi connectivity index (χ3n) is 3.08. The number of benzene rings is 1. The number of pyridine rings is 1. The highest BCUT2D eigenvalue weighted by molar-refractivity contribution is 5.84. The Labute approximate surface area is 116 Å². The topological polar surface area (TPSA) is 73.8 Å². The van der Waals surface area contributed by atoms with Crippen LogP contribution in [0.5, 0.6) is 0 Å². The van der Waals surface area contributed by atoms with Crippen molar-refractivity contribution < 1.29 is 4.79 Å². The van der Waals surface area contributed by atoms with Crippen LogP contribution in [0.25, 0.3) is 10.9 Å². The van der Waals surface area contributed by atoms with Crippen LogP contribution in [0.3, 0.4) is 0 Å². The molecule has 3 rings (SSSR count). The SMILES string of the molecule is Cc1cc(N)n(C(=O)Cc2ccc3ccccc3n2)n1. The fourth-order valence-electron chi connectivity index (χ4n) is 2.16. The van der Waals surface area contributed by atoms with Gasteiger partial charge in [-0.25, -0.2) is 0 Å². The van der Waals surface area contributed by atoms with Crippen LogP contribution in [0.4, 0.5) is 5.82 Å². The molecule has 0 fully saturated rings. The van der Waals surface area contributed by atoms with Gasteiger partial charge < -0.3 is 5.73 Å². The van der Waals surface area contributed by atoms with E-state index in [9.17, 15) is 4.79 Å². The predicted octanol–water partition coefficient (Wildman–Crippen LogP) is 2.20. The number of hydrogen-bond donors (Lipinski definition) is 1. The van der Waals surface area contributed by atoms with E-state index in [0.717, 1.165) is 16.6 Å². The van der Waals surface area contributed by atoms with Gasteiger partial charge in [0, 0.05) is 11.5 Å². The van der Waals surface area contributed by atoms with E-state index in [4.69, 9.17) is 5.73 Å². The molecule has 0 radical (unpaired) electrons. The first-order chi connectivity index (χ1) is 9.63. The third-order valence-corrected chi connectivity index (χ3v) is 3.08. The number of anilines is 1. The van der Waals surface area contributed by atoms with Gasteiger partial charge in [0.25, 0.3) is 5.91 Å². The lowest BCUT2D eigenvalue weighted by Gasteiger charge is -2.04. The number of hydrogen-bond acceptors (Lipinski definition) is 4. The van der Waals surface area contributed by atoms with Crippen LogP contribution in [-0.2, 0) is 6.42 Å². The van der Waals surface area contributed by atoms with Gasteiger partial charge in [-0.1, -0.05) is 24.3 Å². The predicted molar refractivity (Wildman–Crippen MR) is 77.4 cm³/mol. The summed E-state index contributed by atoms with van der Waals surface area (Å²) in [7, 11) is 0. The molecule has 5 nitrogen and oxygen atoms in total. The second kappa shape index (κ2) is 4.77. The van der Waals surface area contributed by atoms with Gasteiger partial charge in [0.05, 0.1) is 23.3 Å². The standard InChI is InChI=1S/C15H14N4O/c1-10-8-14(16)19(18-10)15(20)9-12-7-6-11-4-2-3-5-13(11)17-12/h2-8H,9,16H2,1H3. The minimum Gasteiger partial charge on any atom is -0.383 e. The van der Waals surface area contributed by atoms with E-state index in [2.05, 4.69) is 10.1 Å². The average molecular weight is 266 g/mol. The van der Waals surface area contributed by atoms with E-state index < -0.39 is 0 Å². The van der Waals surface area contributed by atoms with Crippen molar-refractivity contribution >= 4 is 22.6 Å². The highest BCUT2D eigenvalue weighted by Crippen LogP contribution is 2.13. The molecule has 2 aromatic heterocycles. The lowest BCUT2D eigenvalue weighted by Crippen LogP contribution is -2.17. The maximum absolute atomic E-state index is 12.2. The molecule has 20 heavy (non-hydrogen) atoms. The van der Waals surface area contributed by atoms with Gasteiger partial charge in [0.1, 0.15) is 5.82 Å². The number of nitrogens with zero attached hydrogens (tertiary/aromatic N) is 3. The van der Waals surface area contributed by atoms with Gasteiger partial charge in [-0.2, -0.15) is 9.78 Å². The second-order valence-electron chi connectivity index (χ2n) is 4.69. The van der Waals surface area contributed by atoms with Crippen molar-refractivity contribution in [3.63, 3.8) is 0 Å². The molecule has 0 aliphatic carbocycles. The number of aryl methyl sites for hydroxylation is 1. The summed E-state index contributed by atoms with van der Waals surface area (Å²) in [5.41, 5.74) is 8.06. The second-order valence-corrected chi connectivity index (χ2v) is 4.69. The number of nitrogens with two attached hydrogens (primary N) is 1. The highest BCUT2D eigenvalue weighted by Gasteiger charge is 2.12. The van der Waals surface area contributed by atoms with Crippen molar-refractivity contribution in [3.05, 3.63) is 53.9 Å². The summed E-state index contributed by atoms with van der Waals surface area (Å²) in [6, 6.07) is 13.3. The minimum absolute atomic E-state index is 0.177. The van der Waals surface area contributed by atoms with Crippen LogP contribution in [0.2, 0.25) is 0 Å². The Kier molecular flexibility index (Phi) is 2.95. The Morgan fingerprint density at radius 3 is 2.80 bits per heavy atom. The van der Waals surface area contributed by atoms with Crippen molar-refractivity contribution in [2.75, 3.05) is 5.73 Å². The zero-order chi connectivity index (χ0) is 14.1. The summed E-state index contributed by atoms with van der Waals surface area (Å²) >= 11 is 0. The van der Waals surface area contributed by atoms with E-state index >= 15 is 0 Å². The Bertz CT molecular complexity index is 791. The normalized spacial score (nSPS) is 10.8. The summed E-state index contributed by atoms with van der Waals surface area (Å²) in [5, 5.41) is 5.14. The van der Waals surface area contributed by atoms with Gasteiger partial charge in [-0.3, -0.25) is 9.78 Å². The molecule has 2 heterocycles. The molecule has 3 aromatic rings. The zero-order valence-electron chi connectivity index (χ0n) is 11.1. The maximum Gasteiger partial charge on any atom is 0.254 e. The molecule has 0 bridgehead atoms. The number of carbonyl (C=O) groups excluding carboxylic acids is 1. The van der Waals surface area contributed by atoms with Crippen molar-refractivity contribution in [3.8, 4) is 0 Å². The molecule has 0 aliphatic heterocycles. The highest BCUT2D eigenvalue weighted by atomic mass is 16.2. The van der Waals surface area contributed by atoms with Crippen LogP contribution in [0.1, 0.15) is 16.2 Å². The lowest BCUT2D eigenvalue weighted by molar-refractivity contribution is 0.0900. The monoisotopic (exact) mass is 266 g/mol. The number of aromatic nitrogens is 3. The smallest absolute Gasteiger partial charge is 0.254 e. The van der Waals surface area contributed by atoms with E-state index in [1.807, 2.05) is 36.4 Å². The molecule has 0 unspecified atom stereocenters. The average Bonchev–Trinajstić information content (AvgIpc) is 2.78. The first-order valence-corrected chi connectivity index (χ1v) is 6.33. The van der Waals surface area contributed by atoms with Gasteiger partial charge in [0.2, 0.25) is 0 Å². The quantitative estimate of drug-likeness (QED) is 0.771. The molecule has 0 spiro atoms. The van der Waals surface area contributed by atoms with Gasteiger partial charge in [-0.05, 0) is 19.1 Å². The van der Waals surface area contributed by atoms with Gasteiger partial charge >= 0.3 is 0 Å². The molecule has 100 valence electrons. The van der Waals surface area contributed by atoms with E-state index in [1.165, 1.54) is 4.68 Å². The summed E-state index contributed by atoms with van der Waals surface area (Å²) in [6.45, 7) is 1.80. The van der Waals surface area contributed by atoms with E-state index in [1.54, 1.807) is 13.0 Å². The molecular formula is C15H14N4O. The van der Waals surface area contributed by atoms with Gasteiger partial charge in [-0.15, -0.1) is 0 Å². The number of fused-ring (bicyclic) bond motifs is 1. The third kappa shape index (κ3) is 2.25.